The summed E-state index contributed by atoms with van der Waals surface area (Å²) in [4.78, 5) is 6.97. The standard InChI is InChI=1S/C7H9N3/c1-2-6-7(3-4-8)10-5-9-6/h5H,2-3H2,1H3,(H,9,10). The van der Waals surface area contributed by atoms with Gasteiger partial charge in [0.25, 0.3) is 0 Å². The molecule has 3 heteroatoms. The maximum Gasteiger partial charge on any atom is 0.0925 e. The Kier molecular flexibility index (Phi) is 2.06. The van der Waals surface area contributed by atoms with E-state index in [2.05, 4.69) is 16.0 Å². The zero-order valence-corrected chi connectivity index (χ0v) is 5.89. The molecule has 0 aliphatic carbocycles. The number of hydrogen-bond acceptors (Lipinski definition) is 2. The van der Waals surface area contributed by atoms with Gasteiger partial charge < -0.3 is 4.98 Å². The predicted octanol–water partition coefficient (Wildman–Crippen LogP) is 1.04. The van der Waals surface area contributed by atoms with Crippen molar-refractivity contribution in [3.8, 4) is 6.07 Å². The molecule has 0 aromatic carbocycles. The van der Waals surface area contributed by atoms with E-state index in [-0.39, 0.29) is 0 Å². The minimum atomic E-state index is 0.434. The van der Waals surface area contributed by atoms with E-state index >= 15 is 0 Å². The summed E-state index contributed by atoms with van der Waals surface area (Å²) in [7, 11) is 0. The van der Waals surface area contributed by atoms with E-state index < -0.39 is 0 Å². The van der Waals surface area contributed by atoms with Crippen molar-refractivity contribution in [2.45, 2.75) is 19.8 Å². The molecular formula is C7H9N3. The molecule has 52 valence electrons. The third-order valence-electron chi connectivity index (χ3n) is 1.40. The van der Waals surface area contributed by atoms with Crippen molar-refractivity contribution in [3.63, 3.8) is 0 Å². The van der Waals surface area contributed by atoms with Crippen molar-refractivity contribution in [1.29, 1.82) is 5.26 Å². The molecule has 0 aliphatic heterocycles. The first kappa shape index (κ1) is 6.81. The highest BCUT2D eigenvalue weighted by molar-refractivity contribution is 5.14. The van der Waals surface area contributed by atoms with Crippen molar-refractivity contribution in [2.24, 2.45) is 0 Å². The topological polar surface area (TPSA) is 52.5 Å². The second-order valence-electron chi connectivity index (χ2n) is 2.02. The lowest BCUT2D eigenvalue weighted by Crippen LogP contribution is -1.88. The van der Waals surface area contributed by atoms with Crippen molar-refractivity contribution in [2.75, 3.05) is 0 Å². The highest BCUT2D eigenvalue weighted by Gasteiger charge is 2.00. The normalized spacial score (nSPS) is 9.20. The maximum absolute atomic E-state index is 8.36. The van der Waals surface area contributed by atoms with Crippen LogP contribution in [-0.4, -0.2) is 9.97 Å². The molecule has 1 rings (SSSR count). The van der Waals surface area contributed by atoms with Gasteiger partial charge in [0.05, 0.1) is 30.2 Å². The summed E-state index contributed by atoms with van der Waals surface area (Å²) in [6, 6.07) is 2.07. The number of aromatic nitrogens is 2. The lowest BCUT2D eigenvalue weighted by atomic mass is 10.2. The van der Waals surface area contributed by atoms with Gasteiger partial charge in [-0.25, -0.2) is 4.98 Å². The van der Waals surface area contributed by atoms with E-state index in [4.69, 9.17) is 5.26 Å². The van der Waals surface area contributed by atoms with E-state index in [1.165, 1.54) is 0 Å². The summed E-state index contributed by atoms with van der Waals surface area (Å²) >= 11 is 0. The number of nitriles is 1. The summed E-state index contributed by atoms with van der Waals surface area (Å²) in [5.41, 5.74) is 1.95. The third kappa shape index (κ3) is 1.16. The van der Waals surface area contributed by atoms with Gasteiger partial charge in [0.2, 0.25) is 0 Å². The minimum Gasteiger partial charge on any atom is -0.347 e. The fourth-order valence-corrected chi connectivity index (χ4v) is 0.886. The number of aromatic amines is 1. The molecule has 0 spiro atoms. The van der Waals surface area contributed by atoms with Crippen LogP contribution in [0.15, 0.2) is 6.33 Å². The van der Waals surface area contributed by atoms with Gasteiger partial charge in [-0.05, 0) is 6.42 Å². The SMILES string of the molecule is CCc1nc[nH]c1CC#N. The molecule has 0 atom stereocenters. The molecule has 1 heterocycles. The summed E-state index contributed by atoms with van der Waals surface area (Å²) in [5.74, 6) is 0. The lowest BCUT2D eigenvalue weighted by molar-refractivity contribution is 1.02. The average Bonchev–Trinajstić information content (AvgIpc) is 2.36. The molecule has 0 unspecified atom stereocenters. The van der Waals surface area contributed by atoms with E-state index in [0.29, 0.717) is 6.42 Å². The number of aryl methyl sites for hydroxylation is 1. The zero-order chi connectivity index (χ0) is 7.40. The number of H-pyrrole nitrogens is 1. The smallest absolute Gasteiger partial charge is 0.0925 e. The molecule has 1 aromatic heterocycles. The van der Waals surface area contributed by atoms with Crippen molar-refractivity contribution in [3.05, 3.63) is 17.7 Å². The summed E-state index contributed by atoms with van der Waals surface area (Å²) in [6.45, 7) is 2.02. The second-order valence-corrected chi connectivity index (χ2v) is 2.02. The first-order valence-corrected chi connectivity index (χ1v) is 3.26. The van der Waals surface area contributed by atoms with E-state index in [0.717, 1.165) is 17.8 Å². The molecule has 0 saturated heterocycles. The Morgan fingerprint density at radius 1 is 1.80 bits per heavy atom. The largest absolute Gasteiger partial charge is 0.347 e. The van der Waals surface area contributed by atoms with Crippen LogP contribution in [-0.2, 0) is 12.8 Å². The van der Waals surface area contributed by atoms with Crippen LogP contribution in [0.1, 0.15) is 18.3 Å². The van der Waals surface area contributed by atoms with Gasteiger partial charge in [-0.15, -0.1) is 0 Å². The average molecular weight is 135 g/mol. The Bertz CT molecular complexity index is 244. The number of hydrogen-bond donors (Lipinski definition) is 1. The second kappa shape index (κ2) is 3.02. The molecule has 0 radical (unpaired) electrons. The Labute approximate surface area is 59.7 Å². The number of nitrogens with zero attached hydrogens (tertiary/aromatic N) is 2. The van der Waals surface area contributed by atoms with E-state index in [9.17, 15) is 0 Å². The highest BCUT2D eigenvalue weighted by Crippen LogP contribution is 2.02. The molecule has 0 aliphatic rings. The molecule has 1 N–H and O–H groups in total. The Morgan fingerprint density at radius 2 is 2.60 bits per heavy atom. The molecule has 0 saturated carbocycles. The molecule has 3 nitrogen and oxygen atoms in total. The molecular weight excluding hydrogens is 126 g/mol. The number of rotatable bonds is 2. The van der Waals surface area contributed by atoms with Crippen LogP contribution in [0.4, 0.5) is 0 Å². The van der Waals surface area contributed by atoms with Gasteiger partial charge in [-0.2, -0.15) is 5.26 Å². The number of imidazole rings is 1. The van der Waals surface area contributed by atoms with Gasteiger partial charge in [0.15, 0.2) is 0 Å². The van der Waals surface area contributed by atoms with Gasteiger partial charge in [0, 0.05) is 0 Å². The van der Waals surface area contributed by atoms with Crippen LogP contribution < -0.4 is 0 Å². The van der Waals surface area contributed by atoms with Crippen LogP contribution in [0.3, 0.4) is 0 Å². The molecule has 10 heavy (non-hydrogen) atoms. The van der Waals surface area contributed by atoms with Gasteiger partial charge in [-0.3, -0.25) is 0 Å². The Hall–Kier alpha value is -1.30. The summed E-state index contributed by atoms with van der Waals surface area (Å²) in [5, 5.41) is 8.36. The van der Waals surface area contributed by atoms with Crippen LogP contribution in [0, 0.1) is 11.3 Å². The molecule has 0 amide bonds. The summed E-state index contributed by atoms with van der Waals surface area (Å²) in [6.07, 6.45) is 2.95. The maximum atomic E-state index is 8.36. The molecule has 0 fully saturated rings. The zero-order valence-electron chi connectivity index (χ0n) is 5.89. The molecule has 0 bridgehead atoms. The van der Waals surface area contributed by atoms with Crippen LogP contribution in [0.5, 0.6) is 0 Å². The van der Waals surface area contributed by atoms with Crippen molar-refractivity contribution < 1.29 is 0 Å². The Balaban J connectivity index is 2.82. The fourth-order valence-electron chi connectivity index (χ4n) is 0.886. The fraction of sp³-hybridized carbons (Fsp3) is 0.429. The number of nitrogens with one attached hydrogen (secondary N) is 1. The molecule has 1 aromatic rings. The highest BCUT2D eigenvalue weighted by atomic mass is 14.9. The van der Waals surface area contributed by atoms with Gasteiger partial charge >= 0.3 is 0 Å². The van der Waals surface area contributed by atoms with Crippen LogP contribution in [0.2, 0.25) is 0 Å². The van der Waals surface area contributed by atoms with Gasteiger partial charge in [0.1, 0.15) is 0 Å². The third-order valence-corrected chi connectivity index (χ3v) is 1.40. The van der Waals surface area contributed by atoms with Gasteiger partial charge in [-0.1, -0.05) is 6.92 Å². The van der Waals surface area contributed by atoms with Crippen LogP contribution >= 0.6 is 0 Å². The Morgan fingerprint density at radius 3 is 3.20 bits per heavy atom. The van der Waals surface area contributed by atoms with E-state index in [1.54, 1.807) is 6.33 Å². The minimum absolute atomic E-state index is 0.434. The predicted molar refractivity (Wildman–Crippen MR) is 37.3 cm³/mol. The van der Waals surface area contributed by atoms with Crippen molar-refractivity contribution >= 4 is 0 Å². The lowest BCUT2D eigenvalue weighted by Gasteiger charge is -1.90. The van der Waals surface area contributed by atoms with E-state index in [1.807, 2.05) is 6.92 Å². The summed E-state index contributed by atoms with van der Waals surface area (Å²) < 4.78 is 0. The first-order valence-electron chi connectivity index (χ1n) is 3.26. The van der Waals surface area contributed by atoms with Crippen molar-refractivity contribution in [1.82, 2.24) is 9.97 Å². The quantitative estimate of drug-likeness (QED) is 0.658. The first-order chi connectivity index (χ1) is 4.88. The van der Waals surface area contributed by atoms with Crippen LogP contribution in [0.25, 0.3) is 0 Å². The monoisotopic (exact) mass is 135 g/mol.